The molecule has 0 saturated carbocycles. The monoisotopic (exact) mass is 425 g/mol. The molecule has 0 aliphatic carbocycles. The van der Waals surface area contributed by atoms with E-state index < -0.39 is 17.6 Å². The smallest absolute Gasteiger partial charge is 0.418 e. The summed E-state index contributed by atoms with van der Waals surface area (Å²) >= 11 is 0. The lowest BCUT2D eigenvalue weighted by Crippen LogP contribution is -2.27. The second-order valence-corrected chi connectivity index (χ2v) is 8.90. The molecule has 1 N–H and O–H groups in total. The van der Waals surface area contributed by atoms with Gasteiger partial charge in [0.2, 0.25) is 5.91 Å². The third-order valence-corrected chi connectivity index (χ3v) is 5.43. The van der Waals surface area contributed by atoms with E-state index in [2.05, 4.69) is 5.32 Å². The van der Waals surface area contributed by atoms with Crippen molar-refractivity contribution in [2.45, 2.75) is 32.3 Å². The van der Waals surface area contributed by atoms with Gasteiger partial charge in [-0.2, -0.15) is 0 Å². The number of rotatable bonds is 2. The first kappa shape index (κ1) is 20.0. The average molecular weight is 425 g/mol. The largest absolute Gasteiger partial charge is 0.443 e. The summed E-state index contributed by atoms with van der Waals surface area (Å²) in [6, 6.07) is 21.1. The van der Waals surface area contributed by atoms with Crippen LogP contribution in [0.5, 0.6) is 0 Å². The van der Waals surface area contributed by atoms with Crippen LogP contribution >= 0.6 is 0 Å². The van der Waals surface area contributed by atoms with E-state index in [1.807, 2.05) is 81.4 Å². The number of hydrogen-bond acceptors (Lipinski definition) is 4. The van der Waals surface area contributed by atoms with E-state index in [0.29, 0.717) is 11.4 Å². The first-order chi connectivity index (χ1) is 15.3. The molecule has 6 nitrogen and oxygen atoms in total. The number of hydrogen-bond donors (Lipinski definition) is 1. The lowest BCUT2D eigenvalue weighted by molar-refractivity contribution is -0.116. The molecule has 1 unspecified atom stereocenters. The highest BCUT2D eigenvalue weighted by Gasteiger charge is 2.33. The van der Waals surface area contributed by atoms with Crippen LogP contribution in [-0.4, -0.2) is 27.2 Å². The highest BCUT2D eigenvalue weighted by molar-refractivity contribution is 6.05. The molecule has 2 aromatic heterocycles. The normalized spacial score (nSPS) is 15.5. The van der Waals surface area contributed by atoms with Gasteiger partial charge in [-0.05, 0) is 56.7 Å². The Morgan fingerprint density at radius 1 is 1.03 bits per heavy atom. The molecule has 1 aliphatic rings. The molecule has 2 aromatic carbocycles. The van der Waals surface area contributed by atoms with Gasteiger partial charge in [-0.1, -0.05) is 36.4 Å². The van der Waals surface area contributed by atoms with Gasteiger partial charge in [0.1, 0.15) is 11.5 Å². The Hall–Kier alpha value is -3.93. The highest BCUT2D eigenvalue weighted by Crippen LogP contribution is 2.39. The molecule has 0 radical (unpaired) electrons. The average Bonchev–Trinajstić information content (AvgIpc) is 3.35. The minimum Gasteiger partial charge on any atom is -0.443 e. The van der Waals surface area contributed by atoms with Crippen LogP contribution in [-0.2, 0) is 9.53 Å². The number of ether oxygens (including phenoxy) is 1. The standard InChI is InChI=1S/C26H23N3O3/c1-26(2,3)32-25(31)29-14-6-9-22(29)17-10-12-18-21(15-17)28-24(30)23(18)20-13-11-16-7-4-5-8-19(16)27-20/h4-15,23H,1-3H3,(H,28,30). The maximum absolute atomic E-state index is 12.9. The van der Waals surface area contributed by atoms with Crippen molar-refractivity contribution in [3.63, 3.8) is 0 Å². The number of carbonyl (C=O) groups excluding carboxylic acids is 2. The first-order valence-corrected chi connectivity index (χ1v) is 10.5. The second-order valence-electron chi connectivity index (χ2n) is 8.90. The Morgan fingerprint density at radius 3 is 2.66 bits per heavy atom. The van der Waals surface area contributed by atoms with Crippen molar-refractivity contribution in [3.05, 3.63) is 84.2 Å². The van der Waals surface area contributed by atoms with Crippen LogP contribution in [0.4, 0.5) is 10.5 Å². The number of anilines is 1. The predicted octanol–water partition coefficient (Wildman–Crippen LogP) is 5.57. The topological polar surface area (TPSA) is 73.2 Å². The summed E-state index contributed by atoms with van der Waals surface area (Å²) in [5.74, 6) is -0.580. The number of fused-ring (bicyclic) bond motifs is 2. The van der Waals surface area contributed by atoms with Gasteiger partial charge in [-0.3, -0.25) is 14.3 Å². The van der Waals surface area contributed by atoms with E-state index in [1.54, 1.807) is 12.3 Å². The maximum atomic E-state index is 12.9. The Bertz CT molecular complexity index is 1360. The molecule has 6 heteroatoms. The summed E-state index contributed by atoms with van der Waals surface area (Å²) < 4.78 is 6.99. The summed E-state index contributed by atoms with van der Waals surface area (Å²) in [5, 5.41) is 4.01. The van der Waals surface area contributed by atoms with Crippen LogP contribution in [0.1, 0.15) is 37.9 Å². The van der Waals surface area contributed by atoms with Crippen LogP contribution < -0.4 is 5.32 Å². The van der Waals surface area contributed by atoms with Crippen LogP contribution in [0.25, 0.3) is 22.2 Å². The van der Waals surface area contributed by atoms with Gasteiger partial charge >= 0.3 is 6.09 Å². The van der Waals surface area contributed by atoms with Crippen LogP contribution in [0, 0.1) is 0 Å². The zero-order valence-electron chi connectivity index (χ0n) is 18.1. The van der Waals surface area contributed by atoms with E-state index in [-0.39, 0.29) is 5.91 Å². The zero-order valence-corrected chi connectivity index (χ0v) is 18.1. The molecule has 0 spiro atoms. The van der Waals surface area contributed by atoms with Gasteiger partial charge in [0.05, 0.1) is 16.9 Å². The van der Waals surface area contributed by atoms with E-state index in [9.17, 15) is 9.59 Å². The number of carbonyl (C=O) groups is 2. The number of para-hydroxylation sites is 1. The van der Waals surface area contributed by atoms with E-state index in [1.165, 1.54) is 4.57 Å². The molecule has 3 heterocycles. The van der Waals surface area contributed by atoms with E-state index >= 15 is 0 Å². The molecule has 5 rings (SSSR count). The third kappa shape index (κ3) is 3.54. The van der Waals surface area contributed by atoms with Crippen LogP contribution in [0.15, 0.2) is 72.9 Å². The Morgan fingerprint density at radius 2 is 1.84 bits per heavy atom. The number of aromatic nitrogens is 2. The second kappa shape index (κ2) is 7.34. The number of benzene rings is 2. The molecule has 32 heavy (non-hydrogen) atoms. The van der Waals surface area contributed by atoms with Gasteiger partial charge in [-0.15, -0.1) is 0 Å². The minimum absolute atomic E-state index is 0.109. The van der Waals surface area contributed by atoms with E-state index in [4.69, 9.17) is 9.72 Å². The van der Waals surface area contributed by atoms with Crippen molar-refractivity contribution < 1.29 is 14.3 Å². The van der Waals surface area contributed by atoms with Crippen LogP contribution in [0.3, 0.4) is 0 Å². The Balaban J connectivity index is 1.50. The molecular formula is C26H23N3O3. The number of nitrogens with one attached hydrogen (secondary N) is 1. The van der Waals surface area contributed by atoms with Crippen molar-refractivity contribution in [2.75, 3.05) is 5.32 Å². The molecule has 0 bridgehead atoms. The summed E-state index contributed by atoms with van der Waals surface area (Å²) in [4.78, 5) is 30.2. The molecule has 1 atom stereocenters. The fourth-order valence-electron chi connectivity index (χ4n) is 4.04. The van der Waals surface area contributed by atoms with Gasteiger partial charge in [0, 0.05) is 22.8 Å². The molecule has 0 fully saturated rings. The minimum atomic E-state index is -0.593. The molecule has 0 saturated heterocycles. The Labute approximate surface area is 185 Å². The molecular weight excluding hydrogens is 402 g/mol. The lowest BCUT2D eigenvalue weighted by atomic mass is 9.95. The zero-order chi connectivity index (χ0) is 22.5. The summed E-state index contributed by atoms with van der Waals surface area (Å²) in [7, 11) is 0. The fourth-order valence-corrected chi connectivity index (χ4v) is 4.04. The predicted molar refractivity (Wildman–Crippen MR) is 124 cm³/mol. The SMILES string of the molecule is CC(C)(C)OC(=O)n1cccc1-c1ccc2c(c1)NC(=O)C2c1ccc2ccccc2n1. The fraction of sp³-hybridized carbons (Fsp3) is 0.192. The molecule has 4 aromatic rings. The van der Waals surface area contributed by atoms with Crippen LogP contribution in [0.2, 0.25) is 0 Å². The number of amides is 1. The third-order valence-electron chi connectivity index (χ3n) is 5.43. The quantitative estimate of drug-likeness (QED) is 0.456. The summed E-state index contributed by atoms with van der Waals surface area (Å²) in [6.45, 7) is 5.50. The van der Waals surface area contributed by atoms with Gasteiger partial charge in [0.15, 0.2) is 0 Å². The van der Waals surface area contributed by atoms with Crippen molar-refractivity contribution in [2.24, 2.45) is 0 Å². The van der Waals surface area contributed by atoms with Gasteiger partial charge in [-0.25, -0.2) is 4.79 Å². The van der Waals surface area contributed by atoms with Crippen molar-refractivity contribution in [3.8, 4) is 11.3 Å². The molecule has 1 amide bonds. The lowest BCUT2D eigenvalue weighted by Gasteiger charge is -2.20. The summed E-state index contributed by atoms with van der Waals surface area (Å²) in [6.07, 6.45) is 1.23. The van der Waals surface area contributed by atoms with Crippen molar-refractivity contribution in [1.29, 1.82) is 0 Å². The van der Waals surface area contributed by atoms with Crippen molar-refractivity contribution >= 4 is 28.6 Å². The summed E-state index contributed by atoms with van der Waals surface area (Å²) in [5.41, 5.74) is 4.09. The number of nitrogens with zero attached hydrogens (tertiary/aromatic N) is 2. The molecule has 160 valence electrons. The first-order valence-electron chi connectivity index (χ1n) is 10.5. The molecule has 1 aliphatic heterocycles. The maximum Gasteiger partial charge on any atom is 0.418 e. The van der Waals surface area contributed by atoms with Gasteiger partial charge in [0.25, 0.3) is 0 Å². The highest BCUT2D eigenvalue weighted by atomic mass is 16.6. The number of pyridine rings is 1. The van der Waals surface area contributed by atoms with E-state index in [0.717, 1.165) is 27.7 Å². The van der Waals surface area contributed by atoms with Gasteiger partial charge < -0.3 is 10.1 Å². The Kier molecular flexibility index (Phi) is 4.59. The van der Waals surface area contributed by atoms with Crippen molar-refractivity contribution in [1.82, 2.24) is 9.55 Å².